The first-order valence-electron chi connectivity index (χ1n) is 13.5. The Kier molecular flexibility index (Phi) is 8.18. The fraction of sp³-hybridized carbons (Fsp3) is 0.406. The van der Waals surface area contributed by atoms with Gasteiger partial charge in [-0.1, -0.05) is 30.8 Å². The zero-order valence-corrected chi connectivity index (χ0v) is 22.0. The fourth-order valence-electron chi connectivity index (χ4n) is 5.04. The lowest BCUT2D eigenvalue weighted by Gasteiger charge is -2.19. The summed E-state index contributed by atoms with van der Waals surface area (Å²) in [5, 5.41) is 9.11. The number of carboxylic acid groups (broad SMARTS) is 1. The Balaban J connectivity index is 1.25. The normalized spacial score (nSPS) is 22.5. The summed E-state index contributed by atoms with van der Waals surface area (Å²) in [4.78, 5) is 11.1. The SMILES string of the molecule is C=C1CCC/C(c2cccc(COc3ccc4c(c3)OC[C@H]4CC(=O)O)c2)=C(C)\C=C/1OCCOC1CC1. The third-order valence-electron chi connectivity index (χ3n) is 7.26. The average molecular weight is 517 g/mol. The van der Waals surface area contributed by atoms with Gasteiger partial charge in [0.2, 0.25) is 0 Å². The molecule has 38 heavy (non-hydrogen) atoms. The maximum absolute atomic E-state index is 11.1. The van der Waals surface area contributed by atoms with Crippen LogP contribution in [0.4, 0.5) is 0 Å². The predicted molar refractivity (Wildman–Crippen MR) is 146 cm³/mol. The molecule has 2 aromatic rings. The Hall–Kier alpha value is -3.51. The van der Waals surface area contributed by atoms with E-state index in [9.17, 15) is 4.79 Å². The predicted octanol–water partition coefficient (Wildman–Crippen LogP) is 6.81. The van der Waals surface area contributed by atoms with Crippen LogP contribution in [0, 0.1) is 0 Å². The zero-order valence-electron chi connectivity index (χ0n) is 22.0. The summed E-state index contributed by atoms with van der Waals surface area (Å²) in [7, 11) is 0. The van der Waals surface area contributed by atoms with Crippen LogP contribution in [0.3, 0.4) is 0 Å². The van der Waals surface area contributed by atoms with E-state index in [1.165, 1.54) is 29.6 Å². The Morgan fingerprint density at radius 2 is 1.97 bits per heavy atom. The molecule has 2 aliphatic carbocycles. The van der Waals surface area contributed by atoms with E-state index in [2.05, 4.69) is 43.8 Å². The lowest BCUT2D eigenvalue weighted by molar-refractivity contribution is -0.137. The van der Waals surface area contributed by atoms with Crippen LogP contribution in [0.15, 0.2) is 72.0 Å². The van der Waals surface area contributed by atoms with E-state index in [4.69, 9.17) is 24.1 Å². The molecule has 1 atom stereocenters. The minimum atomic E-state index is -0.816. The molecule has 0 saturated heterocycles. The summed E-state index contributed by atoms with van der Waals surface area (Å²) >= 11 is 0. The lowest BCUT2D eigenvalue weighted by Crippen LogP contribution is -2.07. The van der Waals surface area contributed by atoms with E-state index in [1.807, 2.05) is 18.2 Å². The number of benzene rings is 2. The Labute approximate surface area is 224 Å². The van der Waals surface area contributed by atoms with Gasteiger partial charge in [-0.05, 0) is 85.1 Å². The van der Waals surface area contributed by atoms with Crippen molar-refractivity contribution < 1.29 is 28.8 Å². The van der Waals surface area contributed by atoms with Gasteiger partial charge in [0.05, 0.1) is 25.7 Å². The number of fused-ring (bicyclic) bond motifs is 1. The largest absolute Gasteiger partial charge is 0.492 e. The van der Waals surface area contributed by atoms with E-state index in [1.54, 1.807) is 0 Å². The fourth-order valence-corrected chi connectivity index (χ4v) is 5.04. The van der Waals surface area contributed by atoms with E-state index < -0.39 is 5.97 Å². The number of allylic oxidation sites excluding steroid dienone is 4. The monoisotopic (exact) mass is 516 g/mol. The maximum atomic E-state index is 11.1. The van der Waals surface area contributed by atoms with Gasteiger partial charge in [0.15, 0.2) is 0 Å². The molecule has 3 aliphatic rings. The minimum Gasteiger partial charge on any atom is -0.492 e. The molecule has 5 rings (SSSR count). The van der Waals surface area contributed by atoms with Crippen LogP contribution in [0.1, 0.15) is 68.1 Å². The molecule has 0 bridgehead atoms. The standard InChI is InChI=1S/C32H36O6/c1-21-5-3-8-28(22(2)15-30(21)36-14-13-35-26-9-10-26)24-7-4-6-23(16-24)19-37-27-11-12-29-25(17-32(33)34)20-38-31(29)18-27/h4,6-7,11-12,15-16,18,25-26H,1,3,5,8-10,13-14,17,19-20H2,2H3,(H,33,34)/b28-22+,30-15+/t25-/m1/s1. The van der Waals surface area contributed by atoms with Crippen LogP contribution in [0.2, 0.25) is 0 Å². The Bertz CT molecular complexity index is 1250. The molecule has 1 saturated carbocycles. The van der Waals surface area contributed by atoms with Crippen LogP contribution >= 0.6 is 0 Å². The van der Waals surface area contributed by atoms with Gasteiger partial charge in [-0.2, -0.15) is 0 Å². The van der Waals surface area contributed by atoms with Crippen molar-refractivity contribution in [3.8, 4) is 11.5 Å². The molecule has 0 unspecified atom stereocenters. The van der Waals surface area contributed by atoms with Crippen LogP contribution < -0.4 is 9.47 Å². The molecule has 1 N–H and O–H groups in total. The van der Waals surface area contributed by atoms with E-state index in [-0.39, 0.29) is 12.3 Å². The van der Waals surface area contributed by atoms with Crippen molar-refractivity contribution >= 4 is 11.5 Å². The quantitative estimate of drug-likeness (QED) is 0.331. The van der Waals surface area contributed by atoms with E-state index in [0.717, 1.165) is 41.7 Å². The minimum absolute atomic E-state index is 0.0705. The van der Waals surface area contributed by atoms with Crippen LogP contribution in [-0.2, 0) is 20.9 Å². The summed E-state index contributed by atoms with van der Waals surface area (Å²) in [6, 6.07) is 14.2. The van der Waals surface area contributed by atoms with Gasteiger partial charge in [-0.15, -0.1) is 0 Å². The van der Waals surface area contributed by atoms with Crippen molar-refractivity contribution in [1.82, 2.24) is 0 Å². The van der Waals surface area contributed by atoms with Crippen molar-refractivity contribution in [2.24, 2.45) is 0 Å². The molecule has 0 amide bonds. The second-order valence-electron chi connectivity index (χ2n) is 10.3. The highest BCUT2D eigenvalue weighted by Gasteiger charge is 2.26. The second-order valence-corrected chi connectivity index (χ2v) is 10.3. The summed E-state index contributed by atoms with van der Waals surface area (Å²) in [5.74, 6) is 1.36. The summed E-state index contributed by atoms with van der Waals surface area (Å²) in [6.07, 6.45) is 7.86. The number of hydrogen-bond acceptors (Lipinski definition) is 5. The summed E-state index contributed by atoms with van der Waals surface area (Å²) < 4.78 is 23.6. The van der Waals surface area contributed by atoms with Gasteiger partial charge in [-0.25, -0.2) is 0 Å². The van der Waals surface area contributed by atoms with Gasteiger partial charge in [0, 0.05) is 17.5 Å². The third kappa shape index (κ3) is 6.67. The summed E-state index contributed by atoms with van der Waals surface area (Å²) in [6.45, 7) is 8.38. The van der Waals surface area contributed by atoms with Gasteiger partial charge >= 0.3 is 5.97 Å². The van der Waals surface area contributed by atoms with Crippen molar-refractivity contribution in [2.45, 2.75) is 64.1 Å². The molecule has 6 heteroatoms. The van der Waals surface area contributed by atoms with Gasteiger partial charge < -0.3 is 24.1 Å². The highest BCUT2D eigenvalue weighted by atomic mass is 16.5. The van der Waals surface area contributed by atoms with Crippen molar-refractivity contribution in [3.63, 3.8) is 0 Å². The highest BCUT2D eigenvalue weighted by molar-refractivity contribution is 5.72. The zero-order chi connectivity index (χ0) is 26.5. The number of aliphatic carboxylic acids is 1. The lowest BCUT2D eigenvalue weighted by atomic mass is 9.90. The average Bonchev–Trinajstić information content (AvgIpc) is 3.65. The van der Waals surface area contributed by atoms with Gasteiger partial charge in [-0.3, -0.25) is 4.79 Å². The third-order valence-corrected chi connectivity index (χ3v) is 7.26. The number of carboxylic acids is 1. The Morgan fingerprint density at radius 3 is 2.79 bits per heavy atom. The molecule has 1 heterocycles. The molecule has 0 spiro atoms. The maximum Gasteiger partial charge on any atom is 0.304 e. The van der Waals surface area contributed by atoms with E-state index >= 15 is 0 Å². The molecule has 1 fully saturated rings. The van der Waals surface area contributed by atoms with Crippen molar-refractivity contribution in [2.75, 3.05) is 19.8 Å². The van der Waals surface area contributed by atoms with Gasteiger partial charge in [0.25, 0.3) is 0 Å². The highest BCUT2D eigenvalue weighted by Crippen LogP contribution is 2.38. The van der Waals surface area contributed by atoms with Crippen LogP contribution in [0.5, 0.6) is 11.5 Å². The number of hydrogen-bond donors (Lipinski definition) is 1. The molecule has 0 aromatic heterocycles. The van der Waals surface area contributed by atoms with Crippen LogP contribution in [0.25, 0.3) is 5.57 Å². The molecule has 1 aliphatic heterocycles. The summed E-state index contributed by atoms with van der Waals surface area (Å²) in [5.41, 5.74) is 6.75. The van der Waals surface area contributed by atoms with E-state index in [0.29, 0.717) is 44.0 Å². The molecule has 0 radical (unpaired) electrons. The number of rotatable bonds is 11. The topological polar surface area (TPSA) is 74.2 Å². The Morgan fingerprint density at radius 1 is 1.11 bits per heavy atom. The van der Waals surface area contributed by atoms with Crippen molar-refractivity contribution in [1.29, 1.82) is 0 Å². The molecule has 200 valence electrons. The molecule has 2 aromatic carbocycles. The first-order chi connectivity index (χ1) is 18.5. The number of carbonyl (C=O) groups is 1. The second kappa shape index (κ2) is 11.9. The first-order valence-corrected chi connectivity index (χ1v) is 13.5. The molecular weight excluding hydrogens is 480 g/mol. The first kappa shape index (κ1) is 26.1. The molecular formula is C32H36O6. The van der Waals surface area contributed by atoms with Crippen molar-refractivity contribution in [3.05, 3.63) is 88.7 Å². The van der Waals surface area contributed by atoms with Crippen LogP contribution in [-0.4, -0.2) is 37.0 Å². The van der Waals surface area contributed by atoms with Gasteiger partial charge in [0.1, 0.15) is 30.5 Å². The number of ether oxygens (including phenoxy) is 4. The molecule has 6 nitrogen and oxygen atoms in total. The smallest absolute Gasteiger partial charge is 0.304 e.